The number of hydrogen-bond donors (Lipinski definition) is 4. The Morgan fingerprint density at radius 3 is 2.28 bits per heavy atom. The summed E-state index contributed by atoms with van der Waals surface area (Å²) in [5.41, 5.74) is -2.11. The van der Waals surface area contributed by atoms with Gasteiger partial charge in [-0.25, -0.2) is 0 Å². The third kappa shape index (κ3) is 1.81. The van der Waals surface area contributed by atoms with Crippen LogP contribution in [0.4, 0.5) is 0 Å². The molecule has 5 heteroatoms. The summed E-state index contributed by atoms with van der Waals surface area (Å²) in [7, 11) is 0. The highest BCUT2D eigenvalue weighted by Gasteiger charge is 2.77. The van der Waals surface area contributed by atoms with Crippen LogP contribution in [0.25, 0.3) is 0 Å². The van der Waals surface area contributed by atoms with E-state index in [1.807, 2.05) is 13.8 Å². The molecule has 4 aliphatic carbocycles. The highest BCUT2D eigenvalue weighted by molar-refractivity contribution is 5.92. The van der Waals surface area contributed by atoms with Gasteiger partial charge in [0.15, 0.2) is 0 Å². The van der Waals surface area contributed by atoms with Gasteiger partial charge in [0.1, 0.15) is 5.78 Å². The minimum Gasteiger partial charge on any atom is -0.393 e. The summed E-state index contributed by atoms with van der Waals surface area (Å²) in [6.45, 7) is 8.09. The Balaban J connectivity index is 1.94. The molecule has 0 aliphatic heterocycles. The van der Waals surface area contributed by atoms with Crippen LogP contribution in [0.1, 0.15) is 53.4 Å². The van der Waals surface area contributed by atoms with Crippen molar-refractivity contribution >= 4 is 5.78 Å². The van der Waals surface area contributed by atoms with Gasteiger partial charge in [-0.1, -0.05) is 27.7 Å². The minimum atomic E-state index is -1.33. The molecule has 10 atom stereocenters. The average Bonchev–Trinajstić information content (AvgIpc) is 2.65. The first kappa shape index (κ1) is 17.9. The lowest BCUT2D eigenvalue weighted by atomic mass is 9.38. The molecule has 0 amide bonds. The fourth-order valence-electron chi connectivity index (χ4n) is 7.75. The van der Waals surface area contributed by atoms with E-state index in [0.29, 0.717) is 19.3 Å². The molecule has 4 rings (SSSR count). The Morgan fingerprint density at radius 1 is 1.00 bits per heavy atom. The molecule has 4 saturated carbocycles. The molecule has 142 valence electrons. The number of rotatable bonds is 0. The molecular formula is C20H32O5. The van der Waals surface area contributed by atoms with E-state index < -0.39 is 41.2 Å². The molecule has 0 saturated heterocycles. The third-order valence-corrected chi connectivity index (χ3v) is 8.95. The van der Waals surface area contributed by atoms with Crippen LogP contribution in [0.2, 0.25) is 0 Å². The Bertz CT molecular complexity index is 603. The molecule has 5 nitrogen and oxygen atoms in total. The lowest BCUT2D eigenvalue weighted by molar-refractivity contribution is -0.274. The van der Waals surface area contributed by atoms with E-state index in [9.17, 15) is 25.2 Å². The van der Waals surface area contributed by atoms with E-state index in [1.54, 1.807) is 0 Å². The second kappa shape index (κ2) is 5.06. The van der Waals surface area contributed by atoms with Gasteiger partial charge in [-0.15, -0.1) is 0 Å². The van der Waals surface area contributed by atoms with Crippen molar-refractivity contribution in [2.45, 2.75) is 77.8 Å². The van der Waals surface area contributed by atoms with Gasteiger partial charge in [-0.2, -0.15) is 0 Å². The van der Waals surface area contributed by atoms with Crippen LogP contribution in [0.5, 0.6) is 0 Å². The number of ketones is 1. The van der Waals surface area contributed by atoms with Crippen LogP contribution in [0, 0.1) is 39.9 Å². The molecule has 4 aliphatic rings. The summed E-state index contributed by atoms with van der Waals surface area (Å²) in [6.07, 6.45) is -1.09. The van der Waals surface area contributed by atoms with E-state index in [4.69, 9.17) is 0 Å². The van der Waals surface area contributed by atoms with Gasteiger partial charge in [0.25, 0.3) is 0 Å². The lowest BCUT2D eigenvalue weighted by Gasteiger charge is -2.67. The number of hydrogen-bond acceptors (Lipinski definition) is 5. The third-order valence-electron chi connectivity index (χ3n) is 8.95. The molecule has 25 heavy (non-hydrogen) atoms. The van der Waals surface area contributed by atoms with Crippen molar-refractivity contribution in [2.24, 2.45) is 39.9 Å². The second-order valence-corrected chi connectivity index (χ2v) is 10.2. The van der Waals surface area contributed by atoms with E-state index in [2.05, 4.69) is 13.8 Å². The number of carbonyl (C=O) groups excluding carboxylic acids is 1. The summed E-state index contributed by atoms with van der Waals surface area (Å²) in [6, 6.07) is 0. The van der Waals surface area contributed by atoms with E-state index in [0.717, 1.165) is 6.42 Å². The van der Waals surface area contributed by atoms with Gasteiger partial charge in [0.05, 0.1) is 29.8 Å². The first-order chi connectivity index (χ1) is 11.5. The van der Waals surface area contributed by atoms with E-state index >= 15 is 0 Å². The van der Waals surface area contributed by atoms with E-state index in [-0.39, 0.29) is 29.0 Å². The Morgan fingerprint density at radius 2 is 1.64 bits per heavy atom. The topological polar surface area (TPSA) is 98.0 Å². The predicted molar refractivity (Wildman–Crippen MR) is 91.5 cm³/mol. The maximum Gasteiger partial charge on any atom is 0.147 e. The molecular weight excluding hydrogens is 320 g/mol. The molecule has 0 heterocycles. The molecule has 1 spiro atoms. The molecule has 0 aromatic rings. The first-order valence-electron chi connectivity index (χ1n) is 9.77. The van der Waals surface area contributed by atoms with Gasteiger partial charge >= 0.3 is 0 Å². The largest absolute Gasteiger partial charge is 0.393 e. The molecule has 2 bridgehead atoms. The van der Waals surface area contributed by atoms with Crippen molar-refractivity contribution in [3.63, 3.8) is 0 Å². The molecule has 0 unspecified atom stereocenters. The maximum absolute atomic E-state index is 13.3. The summed E-state index contributed by atoms with van der Waals surface area (Å²) < 4.78 is 0. The standard InChI is InChI=1S/C20H32O5/c1-9-10-7-11(21)15-19(4)12(18(2,3)6-5-13(19)22)8-14(23)20(15,16(9)24)17(10)25/h9-15,17,21-23,25H,5-8H2,1-4H3/t9-,10-,11+,12-,13-,14-,15-,17-,19+,20+/m1/s1. The number of aliphatic hydroxyl groups is 4. The quantitative estimate of drug-likeness (QED) is 0.524. The van der Waals surface area contributed by atoms with Crippen molar-refractivity contribution in [3.05, 3.63) is 0 Å². The summed E-state index contributed by atoms with van der Waals surface area (Å²) in [5.74, 6) is -1.39. The van der Waals surface area contributed by atoms with Crippen molar-refractivity contribution in [1.29, 1.82) is 0 Å². The number of aliphatic hydroxyl groups excluding tert-OH is 4. The predicted octanol–water partition coefficient (Wildman–Crippen LogP) is 1.12. The number of Topliss-reactive ketones (excluding diaryl/α,β-unsaturated/α-hetero) is 1. The maximum atomic E-state index is 13.3. The van der Waals surface area contributed by atoms with Crippen molar-refractivity contribution in [2.75, 3.05) is 0 Å². The van der Waals surface area contributed by atoms with Crippen LogP contribution in [-0.4, -0.2) is 50.6 Å². The second-order valence-electron chi connectivity index (χ2n) is 10.2. The molecule has 0 aromatic carbocycles. The van der Waals surface area contributed by atoms with Crippen LogP contribution in [0.15, 0.2) is 0 Å². The summed E-state index contributed by atoms with van der Waals surface area (Å²) >= 11 is 0. The fraction of sp³-hybridized carbons (Fsp3) is 0.950. The minimum absolute atomic E-state index is 0.00326. The fourth-order valence-corrected chi connectivity index (χ4v) is 7.75. The van der Waals surface area contributed by atoms with Gasteiger partial charge in [-0.3, -0.25) is 4.79 Å². The van der Waals surface area contributed by atoms with Gasteiger partial charge in [-0.05, 0) is 42.9 Å². The van der Waals surface area contributed by atoms with Gasteiger partial charge < -0.3 is 20.4 Å². The lowest BCUT2D eigenvalue weighted by Crippen LogP contribution is -2.72. The number of carbonyl (C=O) groups is 1. The zero-order valence-electron chi connectivity index (χ0n) is 15.6. The molecule has 0 aromatic heterocycles. The van der Waals surface area contributed by atoms with E-state index in [1.165, 1.54) is 0 Å². The van der Waals surface area contributed by atoms with Crippen LogP contribution >= 0.6 is 0 Å². The average molecular weight is 352 g/mol. The van der Waals surface area contributed by atoms with Crippen LogP contribution in [0.3, 0.4) is 0 Å². The summed E-state index contributed by atoms with van der Waals surface area (Å²) in [5, 5.41) is 44.3. The molecule has 4 N–H and O–H groups in total. The number of fused-ring (bicyclic) bond motifs is 3. The van der Waals surface area contributed by atoms with Gasteiger partial charge in [0.2, 0.25) is 0 Å². The zero-order chi connectivity index (χ0) is 18.5. The van der Waals surface area contributed by atoms with Crippen molar-refractivity contribution < 1.29 is 25.2 Å². The summed E-state index contributed by atoms with van der Waals surface area (Å²) in [4.78, 5) is 13.3. The first-order valence-corrected chi connectivity index (χ1v) is 9.77. The van der Waals surface area contributed by atoms with Crippen molar-refractivity contribution in [1.82, 2.24) is 0 Å². The molecule has 4 fully saturated rings. The Kier molecular flexibility index (Phi) is 3.62. The normalized spacial score (nSPS) is 60.1. The monoisotopic (exact) mass is 352 g/mol. The Hall–Kier alpha value is -0.490. The van der Waals surface area contributed by atoms with Crippen molar-refractivity contribution in [3.8, 4) is 0 Å². The highest BCUT2D eigenvalue weighted by atomic mass is 16.3. The Labute approximate surface area is 149 Å². The molecule has 0 radical (unpaired) electrons. The zero-order valence-corrected chi connectivity index (χ0v) is 15.6. The highest BCUT2D eigenvalue weighted by Crippen LogP contribution is 2.71. The van der Waals surface area contributed by atoms with Gasteiger partial charge in [0, 0.05) is 17.3 Å². The smallest absolute Gasteiger partial charge is 0.147 e. The van der Waals surface area contributed by atoms with Crippen LogP contribution < -0.4 is 0 Å². The van der Waals surface area contributed by atoms with Crippen LogP contribution in [-0.2, 0) is 4.79 Å². The SMILES string of the molecule is C[C@H]1C(=O)[C@]23[C@H](O)C[C@@H]4C(C)(C)CC[C@@H](O)[C@@]4(C)[C@H]2[C@@H](O)C[C@H]1[C@H]3O.